The molecule has 0 saturated heterocycles. The second-order valence-electron chi connectivity index (χ2n) is 6.19. The second-order valence-corrected chi connectivity index (χ2v) is 6.19. The number of hydrogen-bond acceptors (Lipinski definition) is 4. The number of rotatable bonds is 0. The monoisotopic (exact) mass is 315 g/mol. The summed E-state index contributed by atoms with van der Waals surface area (Å²) < 4.78 is 1.65. The fourth-order valence-corrected chi connectivity index (χ4v) is 3.88. The number of benzene rings is 1. The summed E-state index contributed by atoms with van der Waals surface area (Å²) in [4.78, 5) is 19.2. The molecular formula is C18H13N5O. The topological polar surface area (TPSA) is 74.3 Å². The number of aromatic nitrogens is 3. The van der Waals surface area contributed by atoms with Gasteiger partial charge in [-0.2, -0.15) is 10.4 Å². The van der Waals surface area contributed by atoms with Gasteiger partial charge in [0.1, 0.15) is 11.6 Å². The molecule has 0 N–H and O–H groups in total. The van der Waals surface area contributed by atoms with Crippen LogP contribution in [-0.4, -0.2) is 31.9 Å². The Hall–Kier alpha value is -3.20. The standard InChI is InChI=1S/C18H13N5O/c19-8-12-9-21-23-16-7-15-13-4-2-1-3-11(13)5-6-22(15)18(24)14(16)10-20-17(12)23/h1-4,9-10,15H,5-7H2/t15-/m1/s1. The molecule has 2 aliphatic heterocycles. The first-order chi connectivity index (χ1) is 11.8. The van der Waals surface area contributed by atoms with Gasteiger partial charge in [-0.15, -0.1) is 0 Å². The molecule has 0 saturated carbocycles. The Morgan fingerprint density at radius 3 is 3.00 bits per heavy atom. The molecule has 4 heterocycles. The molecule has 116 valence electrons. The van der Waals surface area contributed by atoms with E-state index >= 15 is 0 Å². The Kier molecular flexibility index (Phi) is 2.57. The Bertz CT molecular complexity index is 1050. The third kappa shape index (κ3) is 1.61. The fourth-order valence-electron chi connectivity index (χ4n) is 3.88. The number of hydrogen-bond donors (Lipinski definition) is 0. The molecule has 2 aromatic heterocycles. The number of amides is 1. The van der Waals surface area contributed by atoms with E-state index in [0.29, 0.717) is 23.2 Å². The maximum absolute atomic E-state index is 13.0. The molecule has 0 unspecified atom stereocenters. The maximum atomic E-state index is 13.0. The van der Waals surface area contributed by atoms with E-state index in [1.165, 1.54) is 17.3 Å². The van der Waals surface area contributed by atoms with Gasteiger partial charge in [0.2, 0.25) is 0 Å². The summed E-state index contributed by atoms with van der Waals surface area (Å²) in [6, 6.07) is 10.4. The summed E-state index contributed by atoms with van der Waals surface area (Å²) >= 11 is 0. The van der Waals surface area contributed by atoms with Crippen molar-refractivity contribution < 1.29 is 4.79 Å². The van der Waals surface area contributed by atoms with E-state index in [1.54, 1.807) is 10.7 Å². The van der Waals surface area contributed by atoms with Gasteiger partial charge in [0.15, 0.2) is 5.65 Å². The minimum Gasteiger partial charge on any atom is -0.331 e. The highest BCUT2D eigenvalue weighted by Gasteiger charge is 2.38. The highest BCUT2D eigenvalue weighted by atomic mass is 16.2. The highest BCUT2D eigenvalue weighted by molar-refractivity contribution is 5.97. The average Bonchev–Trinajstić information content (AvgIpc) is 3.05. The van der Waals surface area contributed by atoms with Crippen molar-refractivity contribution in [2.24, 2.45) is 0 Å². The number of nitriles is 1. The van der Waals surface area contributed by atoms with E-state index in [1.807, 2.05) is 17.0 Å². The molecule has 24 heavy (non-hydrogen) atoms. The smallest absolute Gasteiger partial charge is 0.257 e. The van der Waals surface area contributed by atoms with Gasteiger partial charge in [-0.05, 0) is 17.5 Å². The van der Waals surface area contributed by atoms with Crippen LogP contribution in [0.25, 0.3) is 5.65 Å². The van der Waals surface area contributed by atoms with Crippen molar-refractivity contribution in [3.63, 3.8) is 0 Å². The predicted octanol–water partition coefficient (Wildman–Crippen LogP) is 1.90. The molecule has 0 aliphatic carbocycles. The van der Waals surface area contributed by atoms with Gasteiger partial charge in [0, 0.05) is 19.2 Å². The predicted molar refractivity (Wildman–Crippen MR) is 85.3 cm³/mol. The molecule has 0 fully saturated rings. The van der Waals surface area contributed by atoms with E-state index in [0.717, 1.165) is 18.7 Å². The van der Waals surface area contributed by atoms with Crippen LogP contribution in [0.2, 0.25) is 0 Å². The van der Waals surface area contributed by atoms with Gasteiger partial charge >= 0.3 is 0 Å². The van der Waals surface area contributed by atoms with Gasteiger partial charge in [-0.3, -0.25) is 4.79 Å². The lowest BCUT2D eigenvalue weighted by Crippen LogP contribution is -2.45. The lowest BCUT2D eigenvalue weighted by Gasteiger charge is -2.40. The molecule has 0 radical (unpaired) electrons. The summed E-state index contributed by atoms with van der Waals surface area (Å²) in [6.07, 6.45) is 4.66. The molecule has 6 heteroatoms. The van der Waals surface area contributed by atoms with Crippen LogP contribution in [0.15, 0.2) is 36.7 Å². The Morgan fingerprint density at radius 2 is 2.12 bits per heavy atom. The summed E-state index contributed by atoms with van der Waals surface area (Å²) in [5.74, 6) is -0.000777. The molecular weight excluding hydrogens is 302 g/mol. The molecule has 0 spiro atoms. The Morgan fingerprint density at radius 1 is 1.25 bits per heavy atom. The maximum Gasteiger partial charge on any atom is 0.257 e. The van der Waals surface area contributed by atoms with Crippen LogP contribution in [0.5, 0.6) is 0 Å². The van der Waals surface area contributed by atoms with Crippen molar-refractivity contribution >= 4 is 11.6 Å². The molecule has 6 nitrogen and oxygen atoms in total. The molecule has 2 aliphatic rings. The summed E-state index contributed by atoms with van der Waals surface area (Å²) in [5, 5.41) is 13.5. The first-order valence-electron chi connectivity index (χ1n) is 7.92. The molecule has 3 aromatic rings. The Balaban J connectivity index is 1.73. The summed E-state index contributed by atoms with van der Waals surface area (Å²) in [6.45, 7) is 0.723. The molecule has 0 bridgehead atoms. The van der Waals surface area contributed by atoms with E-state index in [9.17, 15) is 10.1 Å². The minimum atomic E-state index is -0.000777. The quantitative estimate of drug-likeness (QED) is 0.635. The van der Waals surface area contributed by atoms with Crippen LogP contribution in [0.4, 0.5) is 0 Å². The van der Waals surface area contributed by atoms with Crippen molar-refractivity contribution in [3.8, 4) is 6.07 Å². The van der Waals surface area contributed by atoms with Crippen LogP contribution in [-0.2, 0) is 12.8 Å². The number of nitrogens with zero attached hydrogens (tertiary/aromatic N) is 5. The van der Waals surface area contributed by atoms with Crippen LogP contribution < -0.4 is 0 Å². The largest absolute Gasteiger partial charge is 0.331 e. The first kappa shape index (κ1) is 13.3. The van der Waals surface area contributed by atoms with Gasteiger partial charge in [-0.25, -0.2) is 9.50 Å². The van der Waals surface area contributed by atoms with E-state index in [2.05, 4.69) is 28.3 Å². The van der Waals surface area contributed by atoms with Gasteiger partial charge in [-0.1, -0.05) is 24.3 Å². The lowest BCUT2D eigenvalue weighted by atomic mass is 9.86. The average molecular weight is 315 g/mol. The van der Waals surface area contributed by atoms with Crippen LogP contribution in [0.1, 0.15) is 38.8 Å². The second kappa shape index (κ2) is 4.65. The fraction of sp³-hybridized carbons (Fsp3) is 0.222. The normalized spacial score (nSPS) is 18.7. The first-order valence-corrected chi connectivity index (χ1v) is 7.92. The summed E-state index contributed by atoms with van der Waals surface area (Å²) in [7, 11) is 0. The van der Waals surface area contributed by atoms with Crippen molar-refractivity contribution in [3.05, 3.63) is 64.6 Å². The number of carbonyl (C=O) groups excluding carboxylic acids is 1. The van der Waals surface area contributed by atoms with Crippen LogP contribution in [0, 0.1) is 11.3 Å². The van der Waals surface area contributed by atoms with E-state index in [-0.39, 0.29) is 11.9 Å². The van der Waals surface area contributed by atoms with Crippen molar-refractivity contribution in [1.29, 1.82) is 5.26 Å². The summed E-state index contributed by atoms with van der Waals surface area (Å²) in [5.41, 5.74) is 4.88. The van der Waals surface area contributed by atoms with Crippen molar-refractivity contribution in [1.82, 2.24) is 19.5 Å². The molecule has 1 atom stereocenters. The zero-order valence-corrected chi connectivity index (χ0v) is 12.8. The van der Waals surface area contributed by atoms with Gasteiger partial charge in [0.25, 0.3) is 5.91 Å². The zero-order chi connectivity index (χ0) is 16.3. The van der Waals surface area contributed by atoms with Crippen LogP contribution in [0.3, 0.4) is 0 Å². The van der Waals surface area contributed by atoms with E-state index in [4.69, 9.17) is 0 Å². The highest BCUT2D eigenvalue weighted by Crippen LogP contribution is 2.37. The molecule has 1 amide bonds. The molecule has 1 aromatic carbocycles. The van der Waals surface area contributed by atoms with Gasteiger partial charge in [0.05, 0.1) is 23.5 Å². The van der Waals surface area contributed by atoms with Gasteiger partial charge < -0.3 is 4.90 Å². The van der Waals surface area contributed by atoms with E-state index < -0.39 is 0 Å². The lowest BCUT2D eigenvalue weighted by molar-refractivity contribution is 0.0626. The van der Waals surface area contributed by atoms with Crippen molar-refractivity contribution in [2.45, 2.75) is 18.9 Å². The SMILES string of the molecule is N#Cc1cnn2c3c(cnc12)C(=O)N1CCc2ccccc2[C@H]1C3. The number of carbonyl (C=O) groups is 1. The molecule has 5 rings (SSSR count). The third-order valence-corrected chi connectivity index (χ3v) is 5.04. The number of fused-ring (bicyclic) bond motifs is 6. The van der Waals surface area contributed by atoms with Crippen LogP contribution >= 0.6 is 0 Å². The zero-order valence-electron chi connectivity index (χ0n) is 12.8. The third-order valence-electron chi connectivity index (χ3n) is 5.04. The minimum absolute atomic E-state index is 0.000777. The Labute approximate surface area is 138 Å². The van der Waals surface area contributed by atoms with Crippen molar-refractivity contribution in [2.75, 3.05) is 6.54 Å².